The standard InChI is InChI=1S/C20H20N4O4/c1-6-11-24-19(25)17-18(23(3)20(24)26)21-16(22(17)2)10-8-13-7-9-14(27-4)15(12-13)28-5/h1,7-10,12H,11H2,2-5H3/b10-8+. The van der Waals surface area contributed by atoms with Gasteiger partial charge in [0.1, 0.15) is 5.82 Å². The summed E-state index contributed by atoms with van der Waals surface area (Å²) in [5.41, 5.74) is 0.520. The summed E-state index contributed by atoms with van der Waals surface area (Å²) >= 11 is 0. The molecule has 0 fully saturated rings. The molecular formula is C20H20N4O4. The van der Waals surface area contributed by atoms with Gasteiger partial charge < -0.3 is 14.0 Å². The molecule has 0 radical (unpaired) electrons. The third-order valence-corrected chi connectivity index (χ3v) is 4.48. The minimum Gasteiger partial charge on any atom is -0.493 e. The number of ether oxygens (including phenoxy) is 2. The molecule has 8 heteroatoms. The molecule has 0 aliphatic rings. The fourth-order valence-electron chi connectivity index (χ4n) is 2.97. The number of aryl methyl sites for hydroxylation is 2. The van der Waals surface area contributed by atoms with Crippen LogP contribution in [-0.4, -0.2) is 32.9 Å². The summed E-state index contributed by atoms with van der Waals surface area (Å²) in [5, 5.41) is 0. The Bertz CT molecular complexity index is 1240. The van der Waals surface area contributed by atoms with Crippen molar-refractivity contribution in [3.8, 4) is 23.8 Å². The maximum Gasteiger partial charge on any atom is 0.333 e. The van der Waals surface area contributed by atoms with Crippen LogP contribution in [-0.2, 0) is 20.6 Å². The number of imidazole rings is 1. The average molecular weight is 380 g/mol. The van der Waals surface area contributed by atoms with Crippen LogP contribution in [0.5, 0.6) is 11.5 Å². The number of methoxy groups -OCH3 is 2. The SMILES string of the molecule is C#CCn1c(=O)c2c(nc(/C=C/c3ccc(OC)c(OC)c3)n2C)n(C)c1=O. The molecule has 0 N–H and O–H groups in total. The number of hydrogen-bond donors (Lipinski definition) is 0. The van der Waals surface area contributed by atoms with Crippen molar-refractivity contribution in [2.24, 2.45) is 14.1 Å². The second-order valence-corrected chi connectivity index (χ2v) is 6.09. The van der Waals surface area contributed by atoms with Crippen LogP contribution in [0.15, 0.2) is 27.8 Å². The van der Waals surface area contributed by atoms with Gasteiger partial charge in [0.15, 0.2) is 22.7 Å². The molecule has 0 atom stereocenters. The molecule has 0 aliphatic heterocycles. The summed E-state index contributed by atoms with van der Waals surface area (Å²) < 4.78 is 14.5. The van der Waals surface area contributed by atoms with Gasteiger partial charge in [-0.15, -0.1) is 6.42 Å². The summed E-state index contributed by atoms with van der Waals surface area (Å²) in [6.45, 7) is -0.0938. The number of nitrogens with zero attached hydrogens (tertiary/aromatic N) is 4. The summed E-state index contributed by atoms with van der Waals surface area (Å²) in [4.78, 5) is 29.5. The van der Waals surface area contributed by atoms with Gasteiger partial charge in [0.05, 0.1) is 20.8 Å². The quantitative estimate of drug-likeness (QED) is 0.623. The third kappa shape index (κ3) is 3.07. The van der Waals surface area contributed by atoms with Gasteiger partial charge in [-0.05, 0) is 23.8 Å². The largest absolute Gasteiger partial charge is 0.493 e. The second-order valence-electron chi connectivity index (χ2n) is 6.09. The summed E-state index contributed by atoms with van der Waals surface area (Å²) in [7, 11) is 6.42. The number of fused-ring (bicyclic) bond motifs is 1. The monoisotopic (exact) mass is 380 g/mol. The van der Waals surface area contributed by atoms with Gasteiger partial charge in [0.25, 0.3) is 5.56 Å². The van der Waals surface area contributed by atoms with Gasteiger partial charge >= 0.3 is 5.69 Å². The van der Waals surface area contributed by atoms with Gasteiger partial charge in [-0.1, -0.05) is 18.1 Å². The normalized spacial score (nSPS) is 11.1. The minimum atomic E-state index is -0.496. The first-order chi connectivity index (χ1) is 13.4. The molecule has 28 heavy (non-hydrogen) atoms. The van der Waals surface area contributed by atoms with Crippen LogP contribution in [0.3, 0.4) is 0 Å². The van der Waals surface area contributed by atoms with Crippen molar-refractivity contribution in [3.05, 3.63) is 50.4 Å². The number of aromatic nitrogens is 4. The Morgan fingerprint density at radius 2 is 1.82 bits per heavy atom. The molecule has 2 heterocycles. The van der Waals surface area contributed by atoms with E-state index < -0.39 is 11.2 Å². The van der Waals surface area contributed by atoms with Crippen molar-refractivity contribution in [1.82, 2.24) is 18.7 Å². The van der Waals surface area contributed by atoms with Crippen LogP contribution in [0, 0.1) is 12.3 Å². The van der Waals surface area contributed by atoms with Gasteiger partial charge in [-0.3, -0.25) is 9.36 Å². The smallest absolute Gasteiger partial charge is 0.333 e. The second kappa shape index (κ2) is 7.48. The third-order valence-electron chi connectivity index (χ3n) is 4.48. The number of hydrogen-bond acceptors (Lipinski definition) is 5. The fourth-order valence-corrected chi connectivity index (χ4v) is 2.97. The first-order valence-electron chi connectivity index (χ1n) is 8.42. The van der Waals surface area contributed by atoms with E-state index in [0.29, 0.717) is 28.5 Å². The topological polar surface area (TPSA) is 80.3 Å². The van der Waals surface area contributed by atoms with E-state index in [1.165, 1.54) is 4.57 Å². The molecule has 3 rings (SSSR count). The van der Waals surface area contributed by atoms with Crippen LogP contribution in [0.25, 0.3) is 23.3 Å². The summed E-state index contributed by atoms with van der Waals surface area (Å²) in [6.07, 6.45) is 8.88. The Hall–Kier alpha value is -3.73. The van der Waals surface area contributed by atoms with Crippen molar-refractivity contribution in [1.29, 1.82) is 0 Å². The van der Waals surface area contributed by atoms with Gasteiger partial charge in [0, 0.05) is 14.1 Å². The number of terminal acetylenes is 1. The molecular weight excluding hydrogens is 360 g/mol. The van der Waals surface area contributed by atoms with Crippen LogP contribution >= 0.6 is 0 Å². The molecule has 1 aromatic carbocycles. The molecule has 8 nitrogen and oxygen atoms in total. The fraction of sp³-hybridized carbons (Fsp3) is 0.250. The molecule has 144 valence electrons. The first kappa shape index (κ1) is 19.0. The Balaban J connectivity index is 2.12. The predicted molar refractivity (Wildman–Crippen MR) is 108 cm³/mol. The van der Waals surface area contributed by atoms with E-state index in [2.05, 4.69) is 10.9 Å². The van der Waals surface area contributed by atoms with E-state index in [1.807, 2.05) is 18.2 Å². The predicted octanol–water partition coefficient (Wildman–Crippen LogP) is 1.25. The van der Waals surface area contributed by atoms with Crippen molar-refractivity contribution in [3.63, 3.8) is 0 Å². The minimum absolute atomic E-state index is 0.0938. The molecule has 2 aromatic heterocycles. The zero-order valence-electron chi connectivity index (χ0n) is 16.1. The maximum atomic E-state index is 12.7. The van der Waals surface area contributed by atoms with Crippen molar-refractivity contribution < 1.29 is 9.47 Å². The maximum absolute atomic E-state index is 12.7. The molecule has 0 saturated heterocycles. The average Bonchev–Trinajstić information content (AvgIpc) is 3.04. The van der Waals surface area contributed by atoms with Gasteiger partial charge in [-0.25, -0.2) is 14.3 Å². The number of rotatable bonds is 5. The molecule has 0 unspecified atom stereocenters. The summed E-state index contributed by atoms with van der Waals surface area (Å²) in [6, 6.07) is 5.50. The molecule has 3 aromatic rings. The molecule has 0 bridgehead atoms. The molecule has 0 saturated carbocycles. The Morgan fingerprint density at radius 1 is 1.11 bits per heavy atom. The van der Waals surface area contributed by atoms with Gasteiger partial charge in [0.2, 0.25) is 0 Å². The Kier molecular flexibility index (Phi) is 5.09. The lowest BCUT2D eigenvalue weighted by molar-refractivity contribution is 0.355. The summed E-state index contributed by atoms with van der Waals surface area (Å²) in [5.74, 6) is 4.09. The zero-order valence-corrected chi connectivity index (χ0v) is 16.1. The van der Waals surface area contributed by atoms with Crippen molar-refractivity contribution in [2.75, 3.05) is 14.2 Å². The highest BCUT2D eigenvalue weighted by atomic mass is 16.5. The Morgan fingerprint density at radius 3 is 2.46 bits per heavy atom. The lowest BCUT2D eigenvalue weighted by Crippen LogP contribution is -2.39. The van der Waals surface area contributed by atoms with E-state index in [9.17, 15) is 9.59 Å². The lowest BCUT2D eigenvalue weighted by atomic mass is 10.2. The zero-order chi connectivity index (χ0) is 20.4. The molecule has 0 aliphatic carbocycles. The van der Waals surface area contributed by atoms with E-state index in [-0.39, 0.29) is 6.54 Å². The van der Waals surface area contributed by atoms with Gasteiger partial charge in [-0.2, -0.15) is 0 Å². The highest BCUT2D eigenvalue weighted by Gasteiger charge is 2.17. The van der Waals surface area contributed by atoms with Crippen molar-refractivity contribution in [2.45, 2.75) is 6.54 Å². The van der Waals surface area contributed by atoms with E-state index in [4.69, 9.17) is 15.9 Å². The van der Waals surface area contributed by atoms with Crippen LogP contribution in [0.1, 0.15) is 11.4 Å². The van der Waals surface area contributed by atoms with E-state index in [0.717, 1.165) is 10.1 Å². The highest BCUT2D eigenvalue weighted by molar-refractivity contribution is 5.77. The number of benzene rings is 1. The Labute approximate surface area is 161 Å². The van der Waals surface area contributed by atoms with Crippen LogP contribution in [0.4, 0.5) is 0 Å². The van der Waals surface area contributed by atoms with E-state index in [1.54, 1.807) is 45.0 Å². The molecule has 0 amide bonds. The molecule has 0 spiro atoms. The first-order valence-corrected chi connectivity index (χ1v) is 8.42. The van der Waals surface area contributed by atoms with E-state index >= 15 is 0 Å². The van der Waals surface area contributed by atoms with Crippen LogP contribution in [0.2, 0.25) is 0 Å². The van der Waals surface area contributed by atoms with Crippen molar-refractivity contribution >= 4 is 23.3 Å². The highest BCUT2D eigenvalue weighted by Crippen LogP contribution is 2.28. The van der Waals surface area contributed by atoms with Crippen LogP contribution < -0.4 is 20.7 Å². The lowest BCUT2D eigenvalue weighted by Gasteiger charge is -2.07.